The minimum Gasteiger partial charge on any atom is -0.322 e. The average molecular weight is 428 g/mol. The Labute approximate surface area is 176 Å². The van der Waals surface area contributed by atoms with Gasteiger partial charge in [0.25, 0.3) is 11.8 Å². The molecule has 2 heterocycles. The van der Waals surface area contributed by atoms with Gasteiger partial charge in [-0.15, -0.1) is 11.3 Å². The molecule has 2 N–H and O–H groups in total. The number of carbonyl (C=O) groups excluding carboxylic acids is 3. The summed E-state index contributed by atoms with van der Waals surface area (Å²) < 4.78 is 0.854. The van der Waals surface area contributed by atoms with Crippen LogP contribution < -0.4 is 10.7 Å². The Morgan fingerprint density at radius 1 is 1.14 bits per heavy atom. The number of urea groups is 1. The molecule has 4 rings (SSSR count). The molecule has 3 aromatic rings. The first-order valence-corrected chi connectivity index (χ1v) is 10.3. The quantitative estimate of drug-likeness (QED) is 0.600. The van der Waals surface area contributed by atoms with Crippen LogP contribution in [0.1, 0.15) is 28.6 Å². The molecular weight excluding hydrogens is 410 g/mol. The molecule has 0 bridgehead atoms. The molecule has 0 aliphatic carbocycles. The lowest BCUT2D eigenvalue weighted by Gasteiger charge is -2.21. The molecule has 0 saturated carbocycles. The molecule has 29 heavy (non-hydrogen) atoms. The predicted molar refractivity (Wildman–Crippen MR) is 113 cm³/mol. The summed E-state index contributed by atoms with van der Waals surface area (Å²) in [5, 5.41) is 4.50. The van der Waals surface area contributed by atoms with Gasteiger partial charge in [-0.25, -0.2) is 4.79 Å². The summed E-state index contributed by atoms with van der Waals surface area (Å²) in [6.07, 6.45) is 1.03. The van der Waals surface area contributed by atoms with Crippen molar-refractivity contribution in [2.24, 2.45) is 0 Å². The molecule has 4 amide bonds. The normalized spacial score (nSPS) is 18.9. The van der Waals surface area contributed by atoms with E-state index in [1.165, 1.54) is 11.3 Å². The fraction of sp³-hybridized carbons (Fsp3) is 0.190. The Morgan fingerprint density at radius 2 is 1.83 bits per heavy atom. The van der Waals surface area contributed by atoms with Crippen molar-refractivity contribution < 1.29 is 14.4 Å². The number of hydrogen-bond donors (Lipinski definition) is 2. The third kappa shape index (κ3) is 3.59. The van der Waals surface area contributed by atoms with Gasteiger partial charge in [0, 0.05) is 10.1 Å². The van der Waals surface area contributed by atoms with E-state index in [2.05, 4.69) is 10.7 Å². The molecule has 6 nitrogen and oxygen atoms in total. The lowest BCUT2D eigenvalue weighted by molar-refractivity contribution is -0.132. The number of amides is 4. The fourth-order valence-corrected chi connectivity index (χ4v) is 4.71. The largest absolute Gasteiger partial charge is 0.344 e. The molecule has 1 aliphatic rings. The summed E-state index contributed by atoms with van der Waals surface area (Å²) in [6.45, 7) is 1.66. The highest BCUT2D eigenvalue weighted by molar-refractivity contribution is 7.21. The van der Waals surface area contributed by atoms with Gasteiger partial charge < -0.3 is 5.32 Å². The lowest BCUT2D eigenvalue weighted by Crippen LogP contribution is -2.48. The molecule has 1 unspecified atom stereocenters. The van der Waals surface area contributed by atoms with Crippen molar-refractivity contribution in [3.8, 4) is 0 Å². The van der Waals surface area contributed by atoms with E-state index < -0.39 is 23.4 Å². The second kappa shape index (κ2) is 7.50. The number of thiophene rings is 1. The predicted octanol–water partition coefficient (Wildman–Crippen LogP) is 4.14. The van der Waals surface area contributed by atoms with Crippen LogP contribution in [0.4, 0.5) is 4.79 Å². The molecular formula is C21H18ClN3O3S. The Balaban J connectivity index is 1.49. The SMILES string of the molecule is CC1(CCc2ccccc2)NC(=O)N(NC(=O)c2sc3ccccc3c2Cl)C1=O. The Morgan fingerprint density at radius 3 is 2.55 bits per heavy atom. The zero-order valence-corrected chi connectivity index (χ0v) is 17.1. The summed E-state index contributed by atoms with van der Waals surface area (Å²) in [6, 6.07) is 16.4. The van der Waals surface area contributed by atoms with Crippen LogP contribution >= 0.6 is 22.9 Å². The molecule has 2 aromatic carbocycles. The molecule has 1 saturated heterocycles. The lowest BCUT2D eigenvalue weighted by atomic mass is 9.93. The Hall–Kier alpha value is -2.90. The van der Waals surface area contributed by atoms with E-state index in [0.29, 0.717) is 17.9 Å². The van der Waals surface area contributed by atoms with Gasteiger partial charge in [-0.05, 0) is 31.4 Å². The number of fused-ring (bicyclic) bond motifs is 1. The zero-order chi connectivity index (χ0) is 20.6. The van der Waals surface area contributed by atoms with Crippen LogP contribution in [0.2, 0.25) is 5.02 Å². The van der Waals surface area contributed by atoms with E-state index in [-0.39, 0.29) is 4.88 Å². The smallest absolute Gasteiger partial charge is 0.322 e. The molecule has 1 aliphatic heterocycles. The van der Waals surface area contributed by atoms with Crippen LogP contribution in [-0.4, -0.2) is 28.4 Å². The Kier molecular flexibility index (Phi) is 5.02. The highest BCUT2D eigenvalue weighted by Gasteiger charge is 2.48. The first-order valence-electron chi connectivity index (χ1n) is 9.08. The number of nitrogens with zero attached hydrogens (tertiary/aromatic N) is 1. The van der Waals surface area contributed by atoms with Crippen LogP contribution in [0, 0.1) is 0 Å². The highest BCUT2D eigenvalue weighted by atomic mass is 35.5. The number of hydrazine groups is 1. The average Bonchev–Trinajstić information content (AvgIpc) is 3.17. The van der Waals surface area contributed by atoms with Crippen LogP contribution in [0.3, 0.4) is 0 Å². The van der Waals surface area contributed by atoms with Crippen LogP contribution in [0.5, 0.6) is 0 Å². The van der Waals surface area contributed by atoms with Crippen molar-refractivity contribution in [3.05, 3.63) is 70.1 Å². The van der Waals surface area contributed by atoms with E-state index in [0.717, 1.165) is 20.7 Å². The number of halogens is 1. The number of aryl methyl sites for hydroxylation is 1. The number of carbonyl (C=O) groups is 3. The number of imide groups is 1. The highest BCUT2D eigenvalue weighted by Crippen LogP contribution is 2.35. The summed E-state index contributed by atoms with van der Waals surface area (Å²) in [7, 11) is 0. The monoisotopic (exact) mass is 427 g/mol. The fourth-order valence-electron chi connectivity index (χ4n) is 3.31. The minimum absolute atomic E-state index is 0.256. The maximum absolute atomic E-state index is 12.9. The maximum atomic E-state index is 12.9. The molecule has 0 spiro atoms. The van der Waals surface area contributed by atoms with E-state index in [9.17, 15) is 14.4 Å². The topological polar surface area (TPSA) is 78.5 Å². The first-order chi connectivity index (χ1) is 13.9. The van der Waals surface area contributed by atoms with E-state index in [4.69, 9.17) is 11.6 Å². The standard InChI is InChI=1S/C21H18ClN3O3S/c1-21(12-11-13-7-3-2-4-8-13)19(27)25(20(28)23-21)24-18(26)17-16(22)14-9-5-6-10-15(14)29-17/h2-10H,11-12H2,1H3,(H,23,28)(H,24,26). The molecule has 1 fully saturated rings. The van der Waals surface area contributed by atoms with Crippen molar-refractivity contribution in [3.63, 3.8) is 0 Å². The van der Waals surface area contributed by atoms with E-state index >= 15 is 0 Å². The van der Waals surface area contributed by atoms with Gasteiger partial charge in [0.1, 0.15) is 10.4 Å². The summed E-state index contributed by atoms with van der Waals surface area (Å²) in [4.78, 5) is 38.2. The van der Waals surface area contributed by atoms with Crippen molar-refractivity contribution in [1.82, 2.24) is 15.8 Å². The minimum atomic E-state index is -1.09. The Bertz CT molecular complexity index is 1110. The third-order valence-corrected chi connectivity index (χ3v) is 6.65. The van der Waals surface area contributed by atoms with E-state index in [1.54, 1.807) is 6.92 Å². The van der Waals surface area contributed by atoms with Crippen molar-refractivity contribution in [2.75, 3.05) is 0 Å². The van der Waals surface area contributed by atoms with Gasteiger partial charge in [0.05, 0.1) is 5.02 Å². The summed E-state index contributed by atoms with van der Waals surface area (Å²) in [5.74, 6) is -1.09. The van der Waals surface area contributed by atoms with Gasteiger partial charge >= 0.3 is 6.03 Å². The summed E-state index contributed by atoms with van der Waals surface area (Å²) in [5.41, 5.74) is 2.38. The zero-order valence-electron chi connectivity index (χ0n) is 15.6. The van der Waals surface area contributed by atoms with Crippen molar-refractivity contribution >= 4 is 50.9 Å². The maximum Gasteiger partial charge on any atom is 0.344 e. The first kappa shape index (κ1) is 19.4. The molecule has 1 atom stereocenters. The van der Waals surface area contributed by atoms with Crippen LogP contribution in [0.25, 0.3) is 10.1 Å². The van der Waals surface area contributed by atoms with Gasteiger partial charge in [0.15, 0.2) is 0 Å². The van der Waals surface area contributed by atoms with Crippen LogP contribution in [0.15, 0.2) is 54.6 Å². The summed E-state index contributed by atoms with van der Waals surface area (Å²) >= 11 is 7.54. The number of benzene rings is 2. The van der Waals surface area contributed by atoms with Gasteiger partial charge in [-0.1, -0.05) is 60.1 Å². The van der Waals surface area contributed by atoms with Crippen LogP contribution in [-0.2, 0) is 11.2 Å². The number of rotatable bonds is 5. The van der Waals surface area contributed by atoms with Crippen molar-refractivity contribution in [2.45, 2.75) is 25.3 Å². The second-order valence-corrected chi connectivity index (χ2v) is 8.50. The number of nitrogens with one attached hydrogen (secondary N) is 2. The number of hydrogen-bond acceptors (Lipinski definition) is 4. The molecule has 1 aromatic heterocycles. The van der Waals surface area contributed by atoms with Gasteiger partial charge in [0.2, 0.25) is 0 Å². The molecule has 148 valence electrons. The third-order valence-electron chi connectivity index (χ3n) is 4.97. The van der Waals surface area contributed by atoms with E-state index in [1.807, 2.05) is 54.6 Å². The van der Waals surface area contributed by atoms with Gasteiger partial charge in [-0.3, -0.25) is 15.0 Å². The van der Waals surface area contributed by atoms with Gasteiger partial charge in [-0.2, -0.15) is 5.01 Å². The second-order valence-electron chi connectivity index (χ2n) is 7.07. The molecule has 0 radical (unpaired) electrons. The van der Waals surface area contributed by atoms with Crippen molar-refractivity contribution in [1.29, 1.82) is 0 Å². The molecule has 8 heteroatoms.